The van der Waals surface area contributed by atoms with Crippen LogP contribution < -0.4 is 5.64 Å². The molecule has 0 aromatic rings. The van der Waals surface area contributed by atoms with Crippen molar-refractivity contribution in [2.45, 2.75) is 90.9 Å². The Balaban J connectivity index is 2.88. The molecule has 0 aromatic heterocycles. The monoisotopic (exact) mass is 273 g/mol. The quantitative estimate of drug-likeness (QED) is 0.311. The second-order valence-electron chi connectivity index (χ2n) is 5.32. The molecule has 116 valence electrons. The molecule has 0 saturated heterocycles. The molecule has 1 N–H and O–H groups in total. The van der Waals surface area contributed by atoms with Crippen molar-refractivity contribution in [3.63, 3.8) is 0 Å². The summed E-state index contributed by atoms with van der Waals surface area (Å²) in [7, 11) is 0. The molecule has 0 aliphatic carbocycles. The van der Waals surface area contributed by atoms with E-state index in [1.165, 1.54) is 64.2 Å². The van der Waals surface area contributed by atoms with E-state index in [4.69, 9.17) is 9.68 Å². The van der Waals surface area contributed by atoms with Gasteiger partial charge in [0.05, 0.1) is 13.2 Å². The summed E-state index contributed by atoms with van der Waals surface area (Å²) in [6.07, 6.45) is 15.5. The van der Waals surface area contributed by atoms with Gasteiger partial charge in [-0.3, -0.25) is 9.68 Å². The fourth-order valence-electron chi connectivity index (χ4n) is 2.03. The van der Waals surface area contributed by atoms with Gasteiger partial charge in [-0.1, -0.05) is 83.7 Å². The van der Waals surface area contributed by atoms with Crippen molar-refractivity contribution in [1.29, 1.82) is 0 Å². The summed E-state index contributed by atoms with van der Waals surface area (Å²) in [6, 6.07) is 0. The van der Waals surface area contributed by atoms with Crippen molar-refractivity contribution in [2.75, 3.05) is 13.2 Å². The van der Waals surface area contributed by atoms with E-state index in [9.17, 15) is 0 Å². The van der Waals surface area contributed by atoms with Crippen LogP contribution in [0.15, 0.2) is 0 Å². The molecule has 0 spiro atoms. The first kappa shape index (κ1) is 18.9. The highest BCUT2D eigenvalue weighted by Gasteiger charge is 1.93. The maximum atomic E-state index is 5.21. The molecule has 0 fully saturated rings. The Morgan fingerprint density at radius 3 is 1.32 bits per heavy atom. The lowest BCUT2D eigenvalue weighted by atomic mass is 10.1. The maximum absolute atomic E-state index is 5.21. The molecule has 0 saturated carbocycles. The van der Waals surface area contributed by atoms with Crippen LogP contribution in [0.25, 0.3) is 0 Å². The van der Waals surface area contributed by atoms with Gasteiger partial charge >= 0.3 is 0 Å². The summed E-state index contributed by atoms with van der Waals surface area (Å²) in [4.78, 5) is 10.4. The average molecular weight is 273 g/mol. The van der Waals surface area contributed by atoms with Gasteiger partial charge in [-0.05, 0) is 12.8 Å². The number of unbranched alkanes of at least 4 members (excludes halogenated alkanes) is 10. The Morgan fingerprint density at radius 2 is 0.895 bits per heavy atom. The Labute approximate surface area is 120 Å². The van der Waals surface area contributed by atoms with Crippen molar-refractivity contribution in [3.05, 3.63) is 0 Å². The molecule has 0 amide bonds. The predicted molar refractivity (Wildman–Crippen MR) is 81.8 cm³/mol. The van der Waals surface area contributed by atoms with Crippen LogP contribution in [0.1, 0.15) is 90.9 Å². The van der Waals surface area contributed by atoms with Crippen molar-refractivity contribution >= 4 is 0 Å². The molecule has 0 unspecified atom stereocenters. The molecule has 3 nitrogen and oxygen atoms in total. The molecule has 0 atom stereocenters. The molecular formula is C16H35NO2. The normalized spacial score (nSPS) is 11.1. The van der Waals surface area contributed by atoms with Gasteiger partial charge in [0, 0.05) is 0 Å². The fraction of sp³-hybridized carbons (Fsp3) is 1.00. The number of nitrogens with one attached hydrogen (secondary N) is 1. The van der Waals surface area contributed by atoms with Gasteiger partial charge in [0.2, 0.25) is 0 Å². The highest BCUT2D eigenvalue weighted by molar-refractivity contribution is 4.43. The molecule has 19 heavy (non-hydrogen) atoms. The van der Waals surface area contributed by atoms with Crippen LogP contribution in [0.4, 0.5) is 0 Å². The third kappa shape index (κ3) is 17.9. The van der Waals surface area contributed by atoms with Crippen LogP contribution in [0, 0.1) is 0 Å². The van der Waals surface area contributed by atoms with E-state index in [2.05, 4.69) is 19.5 Å². The Morgan fingerprint density at radius 1 is 0.526 bits per heavy atom. The molecular weight excluding hydrogens is 238 g/mol. The second-order valence-corrected chi connectivity index (χ2v) is 5.32. The van der Waals surface area contributed by atoms with Gasteiger partial charge in [0.25, 0.3) is 0 Å². The first-order valence-electron chi connectivity index (χ1n) is 8.40. The smallest absolute Gasteiger partial charge is 0.0709 e. The van der Waals surface area contributed by atoms with Crippen molar-refractivity contribution in [1.82, 2.24) is 5.64 Å². The first-order valence-corrected chi connectivity index (χ1v) is 8.40. The van der Waals surface area contributed by atoms with Gasteiger partial charge < -0.3 is 0 Å². The minimum atomic E-state index is 0.753. The summed E-state index contributed by atoms with van der Waals surface area (Å²) in [5.74, 6) is 0. The van der Waals surface area contributed by atoms with Gasteiger partial charge in [-0.25, -0.2) is 0 Å². The predicted octanol–water partition coefficient (Wildman–Crippen LogP) is 5.16. The minimum absolute atomic E-state index is 0.753. The van der Waals surface area contributed by atoms with E-state index in [0.717, 1.165) is 26.1 Å². The van der Waals surface area contributed by atoms with E-state index >= 15 is 0 Å². The first-order chi connectivity index (χ1) is 9.41. The summed E-state index contributed by atoms with van der Waals surface area (Å²) in [6.45, 7) is 5.99. The lowest BCUT2D eigenvalue weighted by Gasteiger charge is -2.06. The molecule has 0 radical (unpaired) electrons. The van der Waals surface area contributed by atoms with Crippen LogP contribution >= 0.6 is 0 Å². The summed E-state index contributed by atoms with van der Waals surface area (Å²) in [5.41, 5.74) is 2.59. The van der Waals surface area contributed by atoms with E-state index in [0.29, 0.717) is 0 Å². The number of hydrogen-bond donors (Lipinski definition) is 1. The molecule has 0 bridgehead atoms. The van der Waals surface area contributed by atoms with E-state index in [1.54, 1.807) is 0 Å². The zero-order valence-electron chi connectivity index (χ0n) is 13.2. The highest BCUT2D eigenvalue weighted by Crippen LogP contribution is 2.05. The molecule has 0 heterocycles. The summed E-state index contributed by atoms with van der Waals surface area (Å²) < 4.78 is 0. The van der Waals surface area contributed by atoms with E-state index in [-0.39, 0.29) is 0 Å². The Bertz CT molecular complexity index is 138. The molecule has 0 aliphatic heterocycles. The van der Waals surface area contributed by atoms with Gasteiger partial charge in [-0.15, -0.1) is 0 Å². The minimum Gasteiger partial charge on any atom is -0.277 e. The second kappa shape index (κ2) is 17.9. The topological polar surface area (TPSA) is 30.5 Å². The fourth-order valence-corrected chi connectivity index (χ4v) is 2.03. The summed E-state index contributed by atoms with van der Waals surface area (Å²) >= 11 is 0. The maximum Gasteiger partial charge on any atom is 0.0709 e. The van der Waals surface area contributed by atoms with E-state index < -0.39 is 0 Å². The van der Waals surface area contributed by atoms with Crippen molar-refractivity contribution in [2.24, 2.45) is 0 Å². The Hall–Kier alpha value is -0.120. The van der Waals surface area contributed by atoms with Crippen LogP contribution in [0.3, 0.4) is 0 Å². The average Bonchev–Trinajstić information content (AvgIpc) is 2.43. The van der Waals surface area contributed by atoms with Gasteiger partial charge in [-0.2, -0.15) is 0 Å². The van der Waals surface area contributed by atoms with Crippen LogP contribution in [-0.4, -0.2) is 13.2 Å². The van der Waals surface area contributed by atoms with Crippen molar-refractivity contribution in [3.8, 4) is 0 Å². The number of rotatable bonds is 16. The Kier molecular flexibility index (Phi) is 17.8. The highest BCUT2D eigenvalue weighted by atomic mass is 16.9. The van der Waals surface area contributed by atoms with Crippen LogP contribution in [0.5, 0.6) is 0 Å². The number of hydrogen-bond acceptors (Lipinski definition) is 3. The van der Waals surface area contributed by atoms with Crippen LogP contribution in [-0.2, 0) is 9.68 Å². The van der Waals surface area contributed by atoms with E-state index in [1.807, 2.05) is 0 Å². The molecule has 0 rings (SSSR count). The third-order valence-corrected chi connectivity index (χ3v) is 3.32. The summed E-state index contributed by atoms with van der Waals surface area (Å²) in [5, 5.41) is 0. The zero-order valence-corrected chi connectivity index (χ0v) is 13.2. The third-order valence-electron chi connectivity index (χ3n) is 3.32. The van der Waals surface area contributed by atoms with Crippen LogP contribution in [0.2, 0.25) is 0 Å². The molecule has 3 heteroatoms. The molecule has 0 aliphatic rings. The molecule has 0 aromatic carbocycles. The lowest BCUT2D eigenvalue weighted by molar-refractivity contribution is -0.171. The SMILES string of the molecule is CCCCCCCCONOCCCCCCCC. The largest absolute Gasteiger partial charge is 0.277 e. The lowest BCUT2D eigenvalue weighted by Crippen LogP contribution is -2.16. The van der Waals surface area contributed by atoms with Gasteiger partial charge in [0.15, 0.2) is 0 Å². The zero-order chi connectivity index (χ0) is 14.0. The van der Waals surface area contributed by atoms with Gasteiger partial charge in [0.1, 0.15) is 0 Å². The standard InChI is InChI=1S/C16H35NO2/c1-3-5-7-9-11-13-15-18-17-19-16-14-12-10-8-6-4-2/h17H,3-16H2,1-2H3. The van der Waals surface area contributed by atoms with Crippen molar-refractivity contribution < 1.29 is 9.68 Å².